The van der Waals surface area contributed by atoms with Gasteiger partial charge in [-0.1, -0.05) is 6.07 Å². The smallest absolute Gasteiger partial charge is 0.356 e. The summed E-state index contributed by atoms with van der Waals surface area (Å²) in [5.41, 5.74) is -1.86. The SMILES string of the molecule is O=C(O)c1[nH]c2c(F)cccc2c(=O)c1O. The van der Waals surface area contributed by atoms with Crippen LogP contribution in [0.4, 0.5) is 4.39 Å². The van der Waals surface area contributed by atoms with Crippen molar-refractivity contribution in [3.05, 3.63) is 39.9 Å². The Morgan fingerprint density at radius 1 is 1.38 bits per heavy atom. The number of carbonyl (C=O) groups is 1. The van der Waals surface area contributed by atoms with E-state index in [2.05, 4.69) is 4.98 Å². The van der Waals surface area contributed by atoms with Crippen molar-refractivity contribution < 1.29 is 19.4 Å². The maximum absolute atomic E-state index is 13.3. The molecule has 1 aromatic carbocycles. The van der Waals surface area contributed by atoms with Gasteiger partial charge in [0.05, 0.1) is 10.9 Å². The largest absolute Gasteiger partial charge is 0.502 e. The molecule has 0 saturated heterocycles. The van der Waals surface area contributed by atoms with Crippen LogP contribution < -0.4 is 5.43 Å². The summed E-state index contributed by atoms with van der Waals surface area (Å²) in [7, 11) is 0. The van der Waals surface area contributed by atoms with Crippen LogP contribution >= 0.6 is 0 Å². The summed E-state index contributed by atoms with van der Waals surface area (Å²) < 4.78 is 13.3. The van der Waals surface area contributed by atoms with Gasteiger partial charge < -0.3 is 15.2 Å². The highest BCUT2D eigenvalue weighted by Gasteiger charge is 2.17. The van der Waals surface area contributed by atoms with Gasteiger partial charge in [0.15, 0.2) is 11.4 Å². The molecule has 0 atom stereocenters. The van der Waals surface area contributed by atoms with E-state index >= 15 is 0 Å². The summed E-state index contributed by atoms with van der Waals surface area (Å²) in [4.78, 5) is 24.4. The highest BCUT2D eigenvalue weighted by Crippen LogP contribution is 2.18. The molecule has 0 aliphatic heterocycles. The molecule has 0 unspecified atom stereocenters. The molecule has 0 saturated carbocycles. The van der Waals surface area contributed by atoms with Crippen LogP contribution in [-0.2, 0) is 0 Å². The Labute approximate surface area is 87.8 Å². The number of aromatic hydroxyl groups is 1. The maximum Gasteiger partial charge on any atom is 0.356 e. The zero-order chi connectivity index (χ0) is 11.9. The van der Waals surface area contributed by atoms with Crippen LogP contribution in [0.25, 0.3) is 10.9 Å². The van der Waals surface area contributed by atoms with Gasteiger partial charge in [0.25, 0.3) is 0 Å². The lowest BCUT2D eigenvalue weighted by molar-refractivity contribution is 0.0687. The fourth-order valence-corrected chi connectivity index (χ4v) is 1.42. The third kappa shape index (κ3) is 1.31. The average Bonchev–Trinajstić information content (AvgIpc) is 2.23. The van der Waals surface area contributed by atoms with Gasteiger partial charge in [-0.3, -0.25) is 4.79 Å². The number of H-pyrrole nitrogens is 1. The van der Waals surface area contributed by atoms with Crippen LogP contribution in [0.5, 0.6) is 5.75 Å². The Balaban J connectivity index is 3.01. The van der Waals surface area contributed by atoms with Crippen molar-refractivity contribution in [1.29, 1.82) is 0 Å². The predicted molar refractivity (Wildman–Crippen MR) is 53.2 cm³/mol. The second kappa shape index (κ2) is 3.34. The van der Waals surface area contributed by atoms with Crippen molar-refractivity contribution in [2.24, 2.45) is 0 Å². The Kier molecular flexibility index (Phi) is 2.12. The van der Waals surface area contributed by atoms with Crippen molar-refractivity contribution in [3.63, 3.8) is 0 Å². The average molecular weight is 223 g/mol. The normalized spacial score (nSPS) is 10.6. The number of aromatic amines is 1. The van der Waals surface area contributed by atoms with Gasteiger partial charge in [-0.2, -0.15) is 0 Å². The van der Waals surface area contributed by atoms with Crippen LogP contribution in [0.1, 0.15) is 10.5 Å². The first kappa shape index (κ1) is 10.2. The number of pyridine rings is 1. The van der Waals surface area contributed by atoms with Crippen LogP contribution in [-0.4, -0.2) is 21.2 Å². The first-order valence-electron chi connectivity index (χ1n) is 4.29. The van der Waals surface area contributed by atoms with Crippen molar-refractivity contribution in [3.8, 4) is 5.75 Å². The number of aromatic carboxylic acids is 1. The zero-order valence-electron chi connectivity index (χ0n) is 7.82. The van der Waals surface area contributed by atoms with E-state index in [1.54, 1.807) is 0 Å². The molecule has 1 aromatic heterocycles. The molecule has 16 heavy (non-hydrogen) atoms. The van der Waals surface area contributed by atoms with Crippen molar-refractivity contribution in [1.82, 2.24) is 4.98 Å². The molecule has 0 amide bonds. The molecule has 6 heteroatoms. The fourth-order valence-electron chi connectivity index (χ4n) is 1.42. The van der Waals surface area contributed by atoms with Crippen LogP contribution in [0.2, 0.25) is 0 Å². The summed E-state index contributed by atoms with van der Waals surface area (Å²) >= 11 is 0. The van der Waals surface area contributed by atoms with Crippen molar-refractivity contribution >= 4 is 16.9 Å². The molecule has 5 nitrogen and oxygen atoms in total. The topological polar surface area (TPSA) is 90.4 Å². The minimum absolute atomic E-state index is 0.0949. The summed E-state index contributed by atoms with van der Waals surface area (Å²) in [5, 5.41) is 17.9. The molecule has 82 valence electrons. The quantitative estimate of drug-likeness (QED) is 0.674. The number of carboxylic acid groups (broad SMARTS) is 1. The number of nitrogens with one attached hydrogen (secondary N) is 1. The highest BCUT2D eigenvalue weighted by molar-refractivity contribution is 5.93. The Morgan fingerprint density at radius 3 is 2.69 bits per heavy atom. The molecular weight excluding hydrogens is 217 g/mol. The second-order valence-electron chi connectivity index (χ2n) is 3.15. The molecule has 2 aromatic rings. The minimum Gasteiger partial charge on any atom is -0.502 e. The number of fused-ring (bicyclic) bond motifs is 1. The number of rotatable bonds is 1. The van der Waals surface area contributed by atoms with E-state index < -0.39 is 28.7 Å². The number of aromatic nitrogens is 1. The van der Waals surface area contributed by atoms with Gasteiger partial charge in [-0.25, -0.2) is 9.18 Å². The summed E-state index contributed by atoms with van der Waals surface area (Å²) in [6.45, 7) is 0. The van der Waals surface area contributed by atoms with Gasteiger partial charge in [0.2, 0.25) is 5.43 Å². The van der Waals surface area contributed by atoms with Gasteiger partial charge in [-0.15, -0.1) is 0 Å². The van der Waals surface area contributed by atoms with E-state index in [-0.39, 0.29) is 10.9 Å². The highest BCUT2D eigenvalue weighted by atomic mass is 19.1. The molecular formula is C10H6FNO4. The van der Waals surface area contributed by atoms with E-state index in [9.17, 15) is 19.1 Å². The van der Waals surface area contributed by atoms with Crippen LogP contribution in [0, 0.1) is 5.82 Å². The first-order chi connectivity index (χ1) is 7.52. The minimum atomic E-state index is -1.53. The lowest BCUT2D eigenvalue weighted by Gasteiger charge is -2.03. The molecule has 0 fully saturated rings. The molecule has 1 heterocycles. The monoisotopic (exact) mass is 223 g/mol. The zero-order valence-corrected chi connectivity index (χ0v) is 7.82. The molecule has 0 bridgehead atoms. The third-order valence-corrected chi connectivity index (χ3v) is 2.17. The van der Waals surface area contributed by atoms with E-state index in [4.69, 9.17) is 5.11 Å². The predicted octanol–water partition coefficient (Wildman–Crippen LogP) is 1.07. The molecule has 0 spiro atoms. The van der Waals surface area contributed by atoms with E-state index in [1.165, 1.54) is 12.1 Å². The molecule has 0 aliphatic rings. The molecule has 2 rings (SSSR count). The lowest BCUT2D eigenvalue weighted by Crippen LogP contribution is -2.11. The van der Waals surface area contributed by atoms with E-state index in [1.807, 2.05) is 0 Å². The number of hydrogen-bond donors (Lipinski definition) is 3. The Hall–Kier alpha value is -2.37. The summed E-state index contributed by atoms with van der Waals surface area (Å²) in [5.74, 6) is -3.21. The van der Waals surface area contributed by atoms with Gasteiger partial charge in [0, 0.05) is 0 Å². The second-order valence-corrected chi connectivity index (χ2v) is 3.15. The molecule has 3 N–H and O–H groups in total. The third-order valence-electron chi connectivity index (χ3n) is 2.17. The number of benzene rings is 1. The maximum atomic E-state index is 13.3. The van der Waals surface area contributed by atoms with Crippen LogP contribution in [0.3, 0.4) is 0 Å². The van der Waals surface area contributed by atoms with Crippen LogP contribution in [0.15, 0.2) is 23.0 Å². The number of hydrogen-bond acceptors (Lipinski definition) is 3. The fraction of sp³-hybridized carbons (Fsp3) is 0. The number of carboxylic acids is 1. The molecule has 0 radical (unpaired) electrons. The van der Waals surface area contributed by atoms with E-state index in [0.29, 0.717) is 0 Å². The summed E-state index contributed by atoms with van der Waals surface area (Å²) in [6, 6.07) is 3.68. The first-order valence-corrected chi connectivity index (χ1v) is 4.29. The van der Waals surface area contributed by atoms with E-state index in [0.717, 1.165) is 6.07 Å². The lowest BCUT2D eigenvalue weighted by atomic mass is 10.1. The Morgan fingerprint density at radius 2 is 2.06 bits per heavy atom. The Bertz CT molecular complexity index is 647. The van der Waals surface area contributed by atoms with Gasteiger partial charge >= 0.3 is 5.97 Å². The standard InChI is InChI=1S/C10H6FNO4/c11-5-3-1-2-4-6(5)12-7(10(15)16)9(14)8(4)13/h1-3,14H,(H,12,13)(H,15,16). The van der Waals surface area contributed by atoms with Crippen molar-refractivity contribution in [2.75, 3.05) is 0 Å². The summed E-state index contributed by atoms with van der Waals surface area (Å²) in [6.07, 6.45) is 0. The number of para-hydroxylation sites is 1. The van der Waals surface area contributed by atoms with Gasteiger partial charge in [-0.05, 0) is 12.1 Å². The van der Waals surface area contributed by atoms with Gasteiger partial charge in [0.1, 0.15) is 5.82 Å². The molecule has 0 aliphatic carbocycles. The van der Waals surface area contributed by atoms with Crippen molar-refractivity contribution in [2.45, 2.75) is 0 Å². The number of halogens is 1.